The Kier molecular flexibility index (Phi) is 2.27. The maximum atomic E-state index is 10.7. The number of nitrogens with two attached hydrogens (primary N) is 1. The van der Waals surface area contributed by atoms with Gasteiger partial charge in [0.15, 0.2) is 0 Å². The van der Waals surface area contributed by atoms with E-state index in [1.165, 1.54) is 7.11 Å². The second-order valence-corrected chi connectivity index (χ2v) is 2.88. The van der Waals surface area contributed by atoms with Crippen LogP contribution in [-0.4, -0.2) is 19.1 Å². The Morgan fingerprint density at radius 3 is 2.70 bits per heavy atom. The normalized spacial score (nSPS) is 31.0. The largest absolute Gasteiger partial charge is 0.469 e. The van der Waals surface area contributed by atoms with E-state index in [-0.39, 0.29) is 5.97 Å². The van der Waals surface area contributed by atoms with Gasteiger partial charge in [0, 0.05) is 12.5 Å². The number of carbonyl (C=O) groups is 1. The van der Waals surface area contributed by atoms with Crippen LogP contribution in [0.2, 0.25) is 0 Å². The molecule has 0 saturated heterocycles. The Labute approximate surface area is 60.5 Å². The maximum Gasteiger partial charge on any atom is 0.305 e. The van der Waals surface area contributed by atoms with Crippen molar-refractivity contribution in [2.24, 2.45) is 11.7 Å². The molecule has 0 amide bonds. The summed E-state index contributed by atoms with van der Waals surface area (Å²) in [6, 6.07) is 0.328. The quantitative estimate of drug-likeness (QED) is 0.565. The molecule has 0 unspecified atom stereocenters. The molecule has 0 spiro atoms. The minimum Gasteiger partial charge on any atom is -0.469 e. The molecule has 0 aliphatic heterocycles. The van der Waals surface area contributed by atoms with Gasteiger partial charge in [-0.05, 0) is 18.8 Å². The summed E-state index contributed by atoms with van der Waals surface area (Å²) in [5, 5.41) is 0. The molecule has 0 bridgehead atoms. The summed E-state index contributed by atoms with van der Waals surface area (Å²) in [5.74, 6) is 0.374. The van der Waals surface area contributed by atoms with Crippen LogP contribution in [0.3, 0.4) is 0 Å². The summed E-state index contributed by atoms with van der Waals surface area (Å²) in [7, 11) is 1.42. The van der Waals surface area contributed by atoms with Gasteiger partial charge in [0.25, 0.3) is 0 Å². The third kappa shape index (κ3) is 1.70. The van der Waals surface area contributed by atoms with Crippen LogP contribution in [0.15, 0.2) is 0 Å². The van der Waals surface area contributed by atoms with Gasteiger partial charge in [0.05, 0.1) is 7.11 Å². The molecule has 0 aromatic carbocycles. The van der Waals surface area contributed by atoms with Gasteiger partial charge in [0.1, 0.15) is 0 Å². The molecule has 0 radical (unpaired) electrons. The van der Waals surface area contributed by atoms with Crippen molar-refractivity contribution in [3.63, 3.8) is 0 Å². The summed E-state index contributed by atoms with van der Waals surface area (Å²) in [6.07, 6.45) is 2.51. The minimum atomic E-state index is -0.114. The van der Waals surface area contributed by atoms with Crippen LogP contribution in [0.4, 0.5) is 0 Å². The predicted molar refractivity (Wildman–Crippen MR) is 37.3 cm³/mol. The van der Waals surface area contributed by atoms with Crippen LogP contribution in [-0.2, 0) is 9.53 Å². The lowest BCUT2D eigenvalue weighted by molar-refractivity contribution is -0.142. The van der Waals surface area contributed by atoms with Crippen LogP contribution in [0.25, 0.3) is 0 Å². The molecule has 0 heterocycles. The molecule has 0 aromatic rings. The first kappa shape index (κ1) is 7.54. The predicted octanol–water partition coefficient (Wildman–Crippen LogP) is 0.287. The highest BCUT2D eigenvalue weighted by Crippen LogP contribution is 2.28. The van der Waals surface area contributed by atoms with E-state index in [0.717, 1.165) is 12.8 Å². The number of rotatable bonds is 2. The van der Waals surface area contributed by atoms with E-state index in [2.05, 4.69) is 4.74 Å². The summed E-state index contributed by atoms with van der Waals surface area (Å²) >= 11 is 0. The van der Waals surface area contributed by atoms with Crippen molar-refractivity contribution in [3.05, 3.63) is 0 Å². The summed E-state index contributed by atoms with van der Waals surface area (Å²) < 4.78 is 4.51. The van der Waals surface area contributed by atoms with Crippen molar-refractivity contribution in [1.82, 2.24) is 0 Å². The zero-order chi connectivity index (χ0) is 7.56. The number of methoxy groups -OCH3 is 1. The topological polar surface area (TPSA) is 52.3 Å². The minimum absolute atomic E-state index is 0.114. The molecule has 0 atom stereocenters. The lowest BCUT2D eigenvalue weighted by atomic mass is 9.79. The molecule has 3 heteroatoms. The van der Waals surface area contributed by atoms with Crippen LogP contribution >= 0.6 is 0 Å². The third-order valence-corrected chi connectivity index (χ3v) is 1.96. The molecule has 2 N–H and O–H groups in total. The lowest BCUT2D eigenvalue weighted by Gasteiger charge is -2.31. The Morgan fingerprint density at radius 2 is 2.30 bits per heavy atom. The molecule has 1 rings (SSSR count). The van der Waals surface area contributed by atoms with Gasteiger partial charge in [-0.2, -0.15) is 0 Å². The smallest absolute Gasteiger partial charge is 0.305 e. The first-order valence-electron chi connectivity index (χ1n) is 3.54. The van der Waals surface area contributed by atoms with Crippen LogP contribution in [0.1, 0.15) is 19.3 Å². The summed E-state index contributed by atoms with van der Waals surface area (Å²) in [4.78, 5) is 10.7. The van der Waals surface area contributed by atoms with E-state index < -0.39 is 0 Å². The maximum absolute atomic E-state index is 10.7. The van der Waals surface area contributed by atoms with Gasteiger partial charge >= 0.3 is 5.97 Å². The summed E-state index contributed by atoms with van der Waals surface area (Å²) in [5.41, 5.74) is 5.53. The van der Waals surface area contributed by atoms with Crippen LogP contribution in [0.5, 0.6) is 0 Å². The third-order valence-electron chi connectivity index (χ3n) is 1.96. The Balaban J connectivity index is 2.10. The zero-order valence-corrected chi connectivity index (χ0v) is 6.17. The van der Waals surface area contributed by atoms with Crippen LogP contribution < -0.4 is 5.73 Å². The van der Waals surface area contributed by atoms with E-state index >= 15 is 0 Å². The highest BCUT2D eigenvalue weighted by molar-refractivity contribution is 5.69. The lowest BCUT2D eigenvalue weighted by Crippen LogP contribution is -2.37. The average Bonchev–Trinajstić information content (AvgIpc) is 1.84. The van der Waals surface area contributed by atoms with Gasteiger partial charge in [0.2, 0.25) is 0 Å². The monoisotopic (exact) mass is 143 g/mol. The second-order valence-electron chi connectivity index (χ2n) is 2.88. The summed E-state index contributed by atoms with van der Waals surface area (Å²) in [6.45, 7) is 0. The fourth-order valence-corrected chi connectivity index (χ4v) is 1.27. The molecule has 1 saturated carbocycles. The Bertz CT molecular complexity index is 130. The van der Waals surface area contributed by atoms with E-state index in [1.807, 2.05) is 0 Å². The van der Waals surface area contributed by atoms with E-state index in [9.17, 15) is 4.79 Å². The first-order chi connectivity index (χ1) is 4.72. The first-order valence-corrected chi connectivity index (χ1v) is 3.54. The molecule has 58 valence electrons. The Hall–Kier alpha value is -0.570. The van der Waals surface area contributed by atoms with E-state index in [4.69, 9.17) is 5.73 Å². The molecule has 10 heavy (non-hydrogen) atoms. The van der Waals surface area contributed by atoms with Crippen molar-refractivity contribution < 1.29 is 9.53 Å². The van der Waals surface area contributed by atoms with Crippen molar-refractivity contribution in [3.8, 4) is 0 Å². The molecule has 0 aromatic heterocycles. The molecular weight excluding hydrogens is 130 g/mol. The number of carbonyl (C=O) groups excluding carboxylic acids is 1. The van der Waals surface area contributed by atoms with Gasteiger partial charge in [-0.3, -0.25) is 4.79 Å². The number of hydrogen-bond acceptors (Lipinski definition) is 3. The molecule has 1 fully saturated rings. The highest BCUT2D eigenvalue weighted by Gasteiger charge is 2.27. The van der Waals surface area contributed by atoms with Gasteiger partial charge < -0.3 is 10.5 Å². The highest BCUT2D eigenvalue weighted by atomic mass is 16.5. The van der Waals surface area contributed by atoms with Crippen molar-refractivity contribution in [1.29, 1.82) is 0 Å². The number of hydrogen-bond donors (Lipinski definition) is 1. The Morgan fingerprint density at radius 1 is 1.70 bits per heavy atom. The van der Waals surface area contributed by atoms with Gasteiger partial charge in [-0.25, -0.2) is 0 Å². The van der Waals surface area contributed by atoms with E-state index in [1.54, 1.807) is 0 Å². The van der Waals surface area contributed by atoms with Crippen molar-refractivity contribution in [2.45, 2.75) is 25.3 Å². The molecular formula is C7H13NO2. The fourth-order valence-electron chi connectivity index (χ4n) is 1.27. The second kappa shape index (κ2) is 3.01. The zero-order valence-electron chi connectivity index (χ0n) is 6.17. The van der Waals surface area contributed by atoms with Gasteiger partial charge in [-0.15, -0.1) is 0 Å². The number of ether oxygens (including phenoxy) is 1. The fraction of sp³-hybridized carbons (Fsp3) is 0.857. The van der Waals surface area contributed by atoms with Crippen LogP contribution in [0, 0.1) is 5.92 Å². The SMILES string of the molecule is COC(=O)C[C@H]1C[C@H](N)C1. The molecule has 3 nitrogen and oxygen atoms in total. The van der Waals surface area contributed by atoms with E-state index in [0.29, 0.717) is 18.4 Å². The standard InChI is InChI=1S/C7H13NO2/c1-10-7(9)4-5-2-6(8)3-5/h5-6H,2-4,8H2,1H3/t5-,6-. The average molecular weight is 143 g/mol. The van der Waals surface area contributed by atoms with Gasteiger partial charge in [-0.1, -0.05) is 0 Å². The van der Waals surface area contributed by atoms with Crippen molar-refractivity contribution in [2.75, 3.05) is 7.11 Å². The molecule has 1 aliphatic carbocycles. The van der Waals surface area contributed by atoms with Crippen molar-refractivity contribution >= 4 is 5.97 Å². The molecule has 1 aliphatic rings. The number of esters is 1.